The second kappa shape index (κ2) is 11.4. The lowest BCUT2D eigenvalue weighted by atomic mass is 9.83. The van der Waals surface area contributed by atoms with Gasteiger partial charge in [0.25, 0.3) is 0 Å². The number of imide groups is 1. The fraction of sp³-hybridized carbons (Fsp3) is 0.172. The number of hydrogen-bond acceptors (Lipinski definition) is 6. The molecule has 1 fully saturated rings. The van der Waals surface area contributed by atoms with Crippen molar-refractivity contribution in [2.45, 2.75) is 28.9 Å². The number of fused-ring (bicyclic) bond motifs is 2. The van der Waals surface area contributed by atoms with Gasteiger partial charge in [0.2, 0.25) is 17.7 Å². The molecule has 1 N–H and O–H groups in total. The van der Waals surface area contributed by atoms with E-state index >= 15 is 0 Å². The van der Waals surface area contributed by atoms with Crippen molar-refractivity contribution in [2.75, 3.05) is 10.2 Å². The third-order valence-electron chi connectivity index (χ3n) is 7.25. The van der Waals surface area contributed by atoms with Crippen LogP contribution in [-0.4, -0.2) is 27.5 Å². The molecule has 7 nitrogen and oxygen atoms in total. The summed E-state index contributed by atoms with van der Waals surface area (Å²) in [5, 5.41) is 1.69. The van der Waals surface area contributed by atoms with Crippen LogP contribution >= 0.6 is 46.3 Å². The number of thioether (sulfide) groups is 1. The van der Waals surface area contributed by atoms with Gasteiger partial charge in [-0.25, -0.2) is 9.29 Å². The number of anilines is 2. The molecule has 0 spiro atoms. The van der Waals surface area contributed by atoms with E-state index < -0.39 is 69.5 Å². The summed E-state index contributed by atoms with van der Waals surface area (Å²) in [6.45, 7) is -0.495. The van der Waals surface area contributed by atoms with Crippen LogP contribution < -0.4 is 15.1 Å². The summed E-state index contributed by atoms with van der Waals surface area (Å²) in [5.41, 5.74) is -1.19. The molecule has 2 unspecified atom stereocenters. The minimum atomic E-state index is -4.86. The Hall–Kier alpha value is -3.65. The molecule has 226 valence electrons. The lowest BCUT2D eigenvalue weighted by Crippen LogP contribution is -2.33. The zero-order valence-electron chi connectivity index (χ0n) is 21.9. The van der Waals surface area contributed by atoms with E-state index in [0.717, 1.165) is 58.0 Å². The van der Waals surface area contributed by atoms with Gasteiger partial charge >= 0.3 is 11.0 Å². The standard InChI is InChI=1S/C29H17Cl2F4N3O4S2/c30-17-6-3-4-15(22(17)31)20-21-23(26(41)38(25(21)40)18-7-2-1-5-16(18)29(33,34)35)43-27-24(20)44-28(42)37(27)12-19(39)36-14-10-8-13(32)9-11-14/h1-11,20-21,23H,12H2,(H,36,39)/t20-,21?,23?/m1/s1. The Labute approximate surface area is 264 Å². The number of carbonyl (C=O) groups is 3. The van der Waals surface area contributed by atoms with Crippen LogP contribution in [0.25, 0.3) is 0 Å². The van der Waals surface area contributed by atoms with Crippen molar-refractivity contribution in [3.05, 3.63) is 108 Å². The number of thiazole rings is 1. The molecule has 1 saturated heterocycles. The van der Waals surface area contributed by atoms with Gasteiger partial charge in [0, 0.05) is 16.5 Å². The molecule has 3 aromatic carbocycles. The van der Waals surface area contributed by atoms with E-state index in [-0.39, 0.29) is 20.8 Å². The maximum Gasteiger partial charge on any atom is 0.418 e. The molecule has 0 aliphatic carbocycles. The smallest absolute Gasteiger partial charge is 0.325 e. The number of nitrogens with one attached hydrogen (secondary N) is 1. The van der Waals surface area contributed by atoms with E-state index in [9.17, 15) is 36.7 Å². The van der Waals surface area contributed by atoms with Crippen LogP contribution in [0, 0.1) is 11.7 Å². The summed E-state index contributed by atoms with van der Waals surface area (Å²) >= 11 is 14.4. The summed E-state index contributed by atoms with van der Waals surface area (Å²) in [5.74, 6) is -5.22. The number of aromatic nitrogens is 1. The van der Waals surface area contributed by atoms with E-state index in [1.807, 2.05) is 0 Å². The molecular weight excluding hydrogens is 665 g/mol. The quantitative estimate of drug-likeness (QED) is 0.185. The lowest BCUT2D eigenvalue weighted by Gasteiger charge is -2.31. The van der Waals surface area contributed by atoms with Crippen LogP contribution in [0.3, 0.4) is 0 Å². The molecule has 44 heavy (non-hydrogen) atoms. The first-order valence-electron chi connectivity index (χ1n) is 12.8. The van der Waals surface area contributed by atoms with Gasteiger partial charge < -0.3 is 5.32 Å². The Balaban J connectivity index is 1.46. The van der Waals surface area contributed by atoms with E-state index in [4.69, 9.17) is 23.2 Å². The average Bonchev–Trinajstić information content (AvgIpc) is 3.41. The van der Waals surface area contributed by atoms with Gasteiger partial charge in [0.15, 0.2) is 0 Å². The van der Waals surface area contributed by atoms with Crippen LogP contribution in [0.4, 0.5) is 28.9 Å². The summed E-state index contributed by atoms with van der Waals surface area (Å²) < 4.78 is 56.3. The molecule has 1 aromatic heterocycles. The van der Waals surface area contributed by atoms with E-state index in [1.165, 1.54) is 24.3 Å². The van der Waals surface area contributed by atoms with Gasteiger partial charge in [-0.3, -0.25) is 23.7 Å². The van der Waals surface area contributed by atoms with Crippen molar-refractivity contribution in [1.29, 1.82) is 0 Å². The van der Waals surface area contributed by atoms with E-state index in [1.54, 1.807) is 12.1 Å². The highest BCUT2D eigenvalue weighted by atomic mass is 35.5. The first kappa shape index (κ1) is 30.4. The highest BCUT2D eigenvalue weighted by Gasteiger charge is 2.58. The van der Waals surface area contributed by atoms with Crippen molar-refractivity contribution >= 4 is 75.4 Å². The molecule has 15 heteroatoms. The molecule has 3 atom stereocenters. The number of benzene rings is 3. The Bertz CT molecular complexity index is 1890. The zero-order chi connectivity index (χ0) is 31.5. The van der Waals surface area contributed by atoms with E-state index in [2.05, 4.69) is 5.32 Å². The molecular formula is C29H17Cl2F4N3O4S2. The third-order valence-corrected chi connectivity index (χ3v) is 10.7. The Morgan fingerprint density at radius 2 is 1.64 bits per heavy atom. The van der Waals surface area contributed by atoms with Crippen molar-refractivity contribution in [3.63, 3.8) is 0 Å². The molecule has 0 radical (unpaired) electrons. The maximum atomic E-state index is 14.0. The Kier molecular flexibility index (Phi) is 7.85. The van der Waals surface area contributed by atoms with Gasteiger partial charge in [-0.2, -0.15) is 13.2 Å². The van der Waals surface area contributed by atoms with Crippen LogP contribution in [0.5, 0.6) is 0 Å². The van der Waals surface area contributed by atoms with Gasteiger partial charge in [-0.1, -0.05) is 70.6 Å². The van der Waals surface area contributed by atoms with Crippen LogP contribution in [0.15, 0.2) is 76.6 Å². The molecule has 3 amide bonds. The summed E-state index contributed by atoms with van der Waals surface area (Å²) in [6, 6.07) is 13.9. The molecule has 4 aromatic rings. The summed E-state index contributed by atoms with van der Waals surface area (Å²) in [7, 11) is 0. The number of nitrogens with zero attached hydrogens (tertiary/aromatic N) is 2. The third kappa shape index (κ3) is 5.21. The molecule has 3 heterocycles. The Morgan fingerprint density at radius 1 is 0.932 bits per heavy atom. The van der Waals surface area contributed by atoms with E-state index in [0.29, 0.717) is 15.3 Å². The number of carbonyl (C=O) groups excluding carboxylic acids is 3. The lowest BCUT2D eigenvalue weighted by molar-refractivity contribution is -0.137. The maximum absolute atomic E-state index is 14.0. The molecule has 2 aliphatic rings. The minimum absolute atomic E-state index is 0.0478. The van der Waals surface area contributed by atoms with Gasteiger partial charge in [-0.15, -0.1) is 0 Å². The van der Waals surface area contributed by atoms with Crippen molar-refractivity contribution in [2.24, 2.45) is 5.92 Å². The second-order valence-electron chi connectivity index (χ2n) is 9.89. The van der Waals surface area contributed by atoms with Gasteiger partial charge in [0.1, 0.15) is 17.6 Å². The second-order valence-corrected chi connectivity index (χ2v) is 12.8. The Morgan fingerprint density at radius 3 is 2.34 bits per heavy atom. The van der Waals surface area contributed by atoms with Crippen molar-refractivity contribution in [1.82, 2.24) is 4.57 Å². The number of para-hydroxylation sites is 1. The topological polar surface area (TPSA) is 88.5 Å². The first-order chi connectivity index (χ1) is 20.9. The monoisotopic (exact) mass is 681 g/mol. The highest BCUT2D eigenvalue weighted by molar-refractivity contribution is 8.00. The summed E-state index contributed by atoms with van der Waals surface area (Å²) in [4.78, 5) is 54.3. The normalized spacial score (nSPS) is 19.6. The highest BCUT2D eigenvalue weighted by Crippen LogP contribution is 2.55. The molecule has 0 saturated carbocycles. The number of halogens is 6. The number of amides is 3. The van der Waals surface area contributed by atoms with Crippen LogP contribution in [0.1, 0.15) is 21.9 Å². The molecule has 6 rings (SSSR count). The predicted molar refractivity (Wildman–Crippen MR) is 159 cm³/mol. The van der Waals surface area contributed by atoms with Crippen molar-refractivity contribution in [3.8, 4) is 0 Å². The summed E-state index contributed by atoms with van der Waals surface area (Å²) in [6.07, 6.45) is -4.86. The number of rotatable bonds is 5. The SMILES string of the molecule is O=C(Cn1c2c(sc1=O)[C@H](c1cccc(Cl)c1Cl)C1C(=O)N(c3ccccc3C(F)(F)F)C(=O)C1S2)Nc1ccc(F)cc1. The largest absolute Gasteiger partial charge is 0.418 e. The van der Waals surface area contributed by atoms with Crippen LogP contribution in [-0.2, 0) is 27.1 Å². The fourth-order valence-electron chi connectivity index (χ4n) is 5.37. The fourth-order valence-corrected chi connectivity index (χ4v) is 8.56. The first-order valence-corrected chi connectivity index (χ1v) is 15.3. The number of alkyl halides is 3. The van der Waals surface area contributed by atoms with Crippen LogP contribution in [0.2, 0.25) is 10.0 Å². The predicted octanol–water partition coefficient (Wildman–Crippen LogP) is 6.81. The number of hydrogen-bond donors (Lipinski definition) is 1. The van der Waals surface area contributed by atoms with Crippen molar-refractivity contribution < 1.29 is 31.9 Å². The molecule has 2 aliphatic heterocycles. The molecule has 0 bridgehead atoms. The minimum Gasteiger partial charge on any atom is -0.325 e. The van der Waals surface area contributed by atoms with Gasteiger partial charge in [-0.05, 0) is 48.0 Å². The average molecular weight is 683 g/mol. The zero-order valence-corrected chi connectivity index (χ0v) is 25.0. The van der Waals surface area contributed by atoms with Gasteiger partial charge in [0.05, 0.1) is 32.2 Å².